The van der Waals surface area contributed by atoms with Crippen molar-refractivity contribution in [1.29, 1.82) is 0 Å². The number of ether oxygens (including phenoxy) is 4. The molecule has 0 radical (unpaired) electrons. The number of phosphoric ester groups is 2. The van der Waals surface area contributed by atoms with E-state index < -0.39 is 97.5 Å². The summed E-state index contributed by atoms with van der Waals surface area (Å²) in [4.78, 5) is 73.4. The van der Waals surface area contributed by atoms with Crippen molar-refractivity contribution in [2.45, 2.75) is 491 Å². The number of hydrogen-bond acceptors (Lipinski definition) is 15. The molecule has 0 aliphatic rings. The van der Waals surface area contributed by atoms with Crippen LogP contribution in [-0.4, -0.2) is 96.7 Å². The van der Waals surface area contributed by atoms with Crippen molar-refractivity contribution in [1.82, 2.24) is 0 Å². The number of phosphoric acid groups is 2. The number of aliphatic hydroxyl groups excluding tert-OH is 1. The van der Waals surface area contributed by atoms with Gasteiger partial charge in [-0.25, -0.2) is 9.13 Å². The van der Waals surface area contributed by atoms with Gasteiger partial charge in [0.2, 0.25) is 0 Å². The maximum Gasteiger partial charge on any atom is 0.472 e. The number of esters is 4. The monoisotopic (exact) mass is 1580 g/mol. The summed E-state index contributed by atoms with van der Waals surface area (Å²) in [5.74, 6) is 0.270. The average Bonchev–Trinajstić information content (AvgIpc) is 0.900. The van der Waals surface area contributed by atoms with Crippen LogP contribution in [0.15, 0.2) is 0 Å². The van der Waals surface area contributed by atoms with E-state index in [1.165, 1.54) is 283 Å². The molecule has 6 atom stereocenters. The molecular formula is C89H174O17P2. The third kappa shape index (κ3) is 80.7. The zero-order valence-corrected chi connectivity index (χ0v) is 73.1. The Bertz CT molecular complexity index is 2080. The highest BCUT2D eigenvalue weighted by Crippen LogP contribution is 2.45. The molecule has 0 aromatic rings. The largest absolute Gasteiger partial charge is 0.472 e. The minimum atomic E-state index is -4.97. The SMILES string of the molecule is CCCCCCCCCCCCCCCCCCCCCCCCC(=O)O[C@H](COC(=O)CCCCCCCCCCCCCCCCC(C)C)COP(=O)(O)OC[C@@H](O)COP(=O)(O)OC[C@@H](COC(=O)CCCCCCCCCCC(C)CC)OC(=O)CCCCCCCCCCCCCCCCC(C)C. The van der Waals surface area contributed by atoms with Gasteiger partial charge in [-0.05, 0) is 43.4 Å². The molecule has 108 heavy (non-hydrogen) atoms. The van der Waals surface area contributed by atoms with E-state index in [9.17, 15) is 43.2 Å². The van der Waals surface area contributed by atoms with Gasteiger partial charge in [0.25, 0.3) is 0 Å². The Morgan fingerprint density at radius 3 is 0.704 bits per heavy atom. The van der Waals surface area contributed by atoms with Crippen LogP contribution >= 0.6 is 15.6 Å². The second kappa shape index (κ2) is 78.9. The van der Waals surface area contributed by atoms with Gasteiger partial charge in [-0.1, -0.05) is 421 Å². The molecule has 17 nitrogen and oxygen atoms in total. The molecule has 0 fully saturated rings. The Morgan fingerprint density at radius 1 is 0.269 bits per heavy atom. The zero-order valence-electron chi connectivity index (χ0n) is 71.3. The Hall–Kier alpha value is -1.94. The summed E-state index contributed by atoms with van der Waals surface area (Å²) in [6, 6.07) is 0. The van der Waals surface area contributed by atoms with Crippen LogP contribution in [0.5, 0.6) is 0 Å². The minimum Gasteiger partial charge on any atom is -0.462 e. The standard InChI is InChI=1S/C89H174O17P2/c1-8-10-11-12-13-14-15-16-17-18-19-20-21-22-23-24-32-37-42-51-58-65-72-88(93)105-84(76-99-86(91)70-63-56-49-41-36-31-27-25-29-34-39-46-53-60-67-80(3)4)78-103-107(95,96)101-74-83(90)75-102-108(97,98)104-79-85(77-100-87(92)71-64-57-50-45-44-48-55-62-69-82(7)9-2)106-89(94)73-66-59-52-43-38-33-28-26-30-35-40-47-54-61-68-81(5)6/h80-85,90H,8-79H2,1-7H3,(H,95,96)(H,97,98)/t82?,83-,84-,85-/m1/s1. The van der Waals surface area contributed by atoms with Crippen molar-refractivity contribution in [2.75, 3.05) is 39.6 Å². The molecule has 19 heteroatoms. The summed E-state index contributed by atoms with van der Waals surface area (Å²) in [7, 11) is -9.93. The normalized spacial score (nSPS) is 14.1. The molecule has 0 aliphatic heterocycles. The highest BCUT2D eigenvalue weighted by atomic mass is 31.2. The van der Waals surface area contributed by atoms with E-state index in [2.05, 4.69) is 48.5 Å². The van der Waals surface area contributed by atoms with Crippen LogP contribution in [0.4, 0.5) is 0 Å². The first-order valence-corrected chi connectivity index (χ1v) is 48.9. The molecule has 0 aromatic heterocycles. The molecule has 0 rings (SSSR count). The average molecular weight is 1580 g/mol. The van der Waals surface area contributed by atoms with Crippen LogP contribution < -0.4 is 0 Å². The topological polar surface area (TPSA) is 237 Å². The van der Waals surface area contributed by atoms with Crippen LogP contribution in [0.2, 0.25) is 0 Å². The quantitative estimate of drug-likeness (QED) is 0.0222. The molecule has 3 N–H and O–H groups in total. The van der Waals surface area contributed by atoms with E-state index in [0.29, 0.717) is 25.7 Å². The van der Waals surface area contributed by atoms with Crippen molar-refractivity contribution in [3.05, 3.63) is 0 Å². The van der Waals surface area contributed by atoms with Gasteiger partial charge in [0.15, 0.2) is 12.2 Å². The lowest BCUT2D eigenvalue weighted by Gasteiger charge is -2.21. The predicted molar refractivity (Wildman–Crippen MR) is 446 cm³/mol. The number of unbranched alkanes of at least 4 members (excludes halogenated alkanes) is 54. The summed E-state index contributed by atoms with van der Waals surface area (Å²) >= 11 is 0. The minimum absolute atomic E-state index is 0.107. The van der Waals surface area contributed by atoms with Crippen LogP contribution in [0, 0.1) is 17.8 Å². The first kappa shape index (κ1) is 106. The Morgan fingerprint density at radius 2 is 0.472 bits per heavy atom. The van der Waals surface area contributed by atoms with Crippen molar-refractivity contribution < 1.29 is 80.2 Å². The molecule has 0 spiro atoms. The van der Waals surface area contributed by atoms with Crippen LogP contribution in [0.25, 0.3) is 0 Å². The molecule has 0 bridgehead atoms. The molecule has 0 aromatic carbocycles. The second-order valence-corrected chi connectivity index (χ2v) is 36.1. The van der Waals surface area contributed by atoms with Gasteiger partial charge in [0.1, 0.15) is 19.3 Å². The lowest BCUT2D eigenvalue weighted by atomic mass is 9.99. The smallest absolute Gasteiger partial charge is 0.462 e. The van der Waals surface area contributed by atoms with Crippen molar-refractivity contribution >= 4 is 39.5 Å². The van der Waals surface area contributed by atoms with E-state index in [1.807, 2.05) is 0 Å². The zero-order chi connectivity index (χ0) is 79.3. The summed E-state index contributed by atoms with van der Waals surface area (Å²) < 4.78 is 69.0. The number of carbonyl (C=O) groups is 4. The molecular weight excluding hydrogens is 1400 g/mol. The van der Waals surface area contributed by atoms with Crippen LogP contribution in [-0.2, 0) is 65.4 Å². The van der Waals surface area contributed by atoms with Gasteiger partial charge >= 0.3 is 39.5 Å². The van der Waals surface area contributed by atoms with Crippen LogP contribution in [0.3, 0.4) is 0 Å². The maximum atomic E-state index is 13.2. The molecule has 642 valence electrons. The third-order valence-electron chi connectivity index (χ3n) is 21.2. The van der Waals surface area contributed by atoms with E-state index in [-0.39, 0.29) is 25.7 Å². The third-order valence-corrected chi connectivity index (χ3v) is 23.1. The fraction of sp³-hybridized carbons (Fsp3) is 0.955. The lowest BCUT2D eigenvalue weighted by molar-refractivity contribution is -0.161. The first-order chi connectivity index (χ1) is 52.3. The maximum absolute atomic E-state index is 13.2. The highest BCUT2D eigenvalue weighted by molar-refractivity contribution is 7.47. The summed E-state index contributed by atoms with van der Waals surface area (Å²) in [5.41, 5.74) is 0. The lowest BCUT2D eigenvalue weighted by Crippen LogP contribution is -2.30. The summed E-state index contributed by atoms with van der Waals surface area (Å²) in [6.07, 6.45) is 70.8. The fourth-order valence-electron chi connectivity index (χ4n) is 13.9. The van der Waals surface area contributed by atoms with Gasteiger partial charge in [-0.3, -0.25) is 37.3 Å². The highest BCUT2D eigenvalue weighted by Gasteiger charge is 2.31. The number of aliphatic hydroxyl groups is 1. The Labute approximate surface area is 664 Å². The van der Waals surface area contributed by atoms with Gasteiger partial charge in [0.05, 0.1) is 26.4 Å². The van der Waals surface area contributed by atoms with Gasteiger partial charge in [-0.15, -0.1) is 0 Å². The predicted octanol–water partition coefficient (Wildman–Crippen LogP) is 27.3. The van der Waals surface area contributed by atoms with E-state index in [1.54, 1.807) is 0 Å². The van der Waals surface area contributed by atoms with E-state index in [0.717, 1.165) is 108 Å². The number of rotatable bonds is 87. The Kier molecular flexibility index (Phi) is 77.5. The van der Waals surface area contributed by atoms with Crippen LogP contribution in [0.1, 0.15) is 472 Å². The first-order valence-electron chi connectivity index (χ1n) is 45.9. The molecule has 0 heterocycles. The summed E-state index contributed by atoms with van der Waals surface area (Å²) in [5, 5.41) is 10.7. The molecule has 0 amide bonds. The molecule has 0 saturated carbocycles. The van der Waals surface area contributed by atoms with Crippen molar-refractivity contribution in [2.24, 2.45) is 17.8 Å². The van der Waals surface area contributed by atoms with E-state index >= 15 is 0 Å². The molecule has 3 unspecified atom stereocenters. The van der Waals surface area contributed by atoms with Gasteiger partial charge in [0, 0.05) is 25.7 Å². The molecule has 0 aliphatic carbocycles. The number of hydrogen-bond donors (Lipinski definition) is 3. The molecule has 0 saturated heterocycles. The second-order valence-electron chi connectivity index (χ2n) is 33.2. The van der Waals surface area contributed by atoms with Crippen molar-refractivity contribution in [3.8, 4) is 0 Å². The summed E-state index contributed by atoms with van der Waals surface area (Å²) in [6.45, 7) is 12.0. The fourth-order valence-corrected chi connectivity index (χ4v) is 15.4. The van der Waals surface area contributed by atoms with Crippen molar-refractivity contribution in [3.63, 3.8) is 0 Å². The number of carbonyl (C=O) groups excluding carboxylic acids is 4. The van der Waals surface area contributed by atoms with E-state index in [4.69, 9.17) is 37.0 Å². The van der Waals surface area contributed by atoms with Gasteiger partial charge < -0.3 is 33.8 Å². The Balaban J connectivity index is 5.25. The van der Waals surface area contributed by atoms with Gasteiger partial charge in [-0.2, -0.15) is 0 Å².